The number of hydrogen-bond acceptors (Lipinski definition) is 3. The van der Waals surface area contributed by atoms with Crippen molar-refractivity contribution >= 4 is 11.8 Å². The molecule has 6 heteroatoms. The molecule has 20 heavy (non-hydrogen) atoms. The summed E-state index contributed by atoms with van der Waals surface area (Å²) in [4.78, 5) is 25.3. The maximum Gasteiger partial charge on any atom is 0.257 e. The lowest BCUT2D eigenvalue weighted by atomic mass is 9.96. The summed E-state index contributed by atoms with van der Waals surface area (Å²) >= 11 is 0. The van der Waals surface area contributed by atoms with E-state index in [1.165, 1.54) is 0 Å². The molecule has 0 bridgehead atoms. The van der Waals surface area contributed by atoms with E-state index in [4.69, 9.17) is 5.73 Å². The van der Waals surface area contributed by atoms with Crippen molar-refractivity contribution in [1.29, 1.82) is 0 Å². The van der Waals surface area contributed by atoms with Crippen LogP contribution in [0.25, 0.3) is 0 Å². The van der Waals surface area contributed by atoms with Crippen LogP contribution in [0.1, 0.15) is 44.0 Å². The lowest BCUT2D eigenvalue weighted by molar-refractivity contribution is -0.123. The molecule has 1 aromatic rings. The van der Waals surface area contributed by atoms with Crippen molar-refractivity contribution in [2.45, 2.75) is 39.2 Å². The van der Waals surface area contributed by atoms with Crippen molar-refractivity contribution < 1.29 is 9.59 Å². The van der Waals surface area contributed by atoms with Gasteiger partial charge in [0.2, 0.25) is 5.91 Å². The smallest absolute Gasteiger partial charge is 0.257 e. The number of rotatable bonds is 2. The van der Waals surface area contributed by atoms with Gasteiger partial charge in [-0.2, -0.15) is 5.10 Å². The maximum absolute atomic E-state index is 12.4. The number of amides is 2. The zero-order valence-electron chi connectivity index (χ0n) is 12.3. The summed E-state index contributed by atoms with van der Waals surface area (Å²) in [5, 5.41) is 4.24. The fourth-order valence-corrected chi connectivity index (χ4v) is 2.35. The Morgan fingerprint density at radius 1 is 1.30 bits per heavy atom. The van der Waals surface area contributed by atoms with Crippen LogP contribution in [0.2, 0.25) is 0 Å². The fraction of sp³-hybridized carbons (Fsp3) is 0.643. The van der Waals surface area contributed by atoms with Gasteiger partial charge in [-0.05, 0) is 33.6 Å². The van der Waals surface area contributed by atoms with Crippen molar-refractivity contribution in [3.63, 3.8) is 0 Å². The molecule has 1 aliphatic rings. The Bertz CT molecular complexity index is 507. The highest BCUT2D eigenvalue weighted by Gasteiger charge is 2.27. The van der Waals surface area contributed by atoms with Crippen LogP contribution < -0.4 is 5.73 Å². The van der Waals surface area contributed by atoms with E-state index in [-0.39, 0.29) is 23.3 Å². The summed E-state index contributed by atoms with van der Waals surface area (Å²) in [7, 11) is 0. The van der Waals surface area contributed by atoms with E-state index in [0.29, 0.717) is 31.5 Å². The van der Waals surface area contributed by atoms with Gasteiger partial charge in [0.1, 0.15) is 0 Å². The van der Waals surface area contributed by atoms with Crippen LogP contribution in [0.4, 0.5) is 0 Å². The normalized spacial score (nSPS) is 17.2. The molecule has 0 saturated carbocycles. The van der Waals surface area contributed by atoms with Crippen molar-refractivity contribution in [2.75, 3.05) is 13.1 Å². The van der Waals surface area contributed by atoms with Gasteiger partial charge in [0, 0.05) is 25.2 Å². The van der Waals surface area contributed by atoms with E-state index < -0.39 is 0 Å². The quantitative estimate of drug-likeness (QED) is 0.875. The molecule has 0 unspecified atom stereocenters. The van der Waals surface area contributed by atoms with Gasteiger partial charge in [0.05, 0.1) is 17.3 Å². The summed E-state index contributed by atoms with van der Waals surface area (Å²) in [5.41, 5.74) is 5.75. The molecule has 2 amide bonds. The van der Waals surface area contributed by atoms with Crippen LogP contribution in [-0.2, 0) is 10.3 Å². The Morgan fingerprint density at radius 3 is 2.35 bits per heavy atom. The summed E-state index contributed by atoms with van der Waals surface area (Å²) in [6.07, 6.45) is 4.68. The SMILES string of the molecule is CC(C)(C)n1cc(C(=O)N2CCC(C(N)=O)CC2)cn1. The number of piperidine rings is 1. The van der Waals surface area contributed by atoms with Gasteiger partial charge in [-0.3, -0.25) is 14.3 Å². The molecule has 1 fully saturated rings. The van der Waals surface area contributed by atoms with Gasteiger partial charge in [0.25, 0.3) is 5.91 Å². The largest absolute Gasteiger partial charge is 0.369 e. The van der Waals surface area contributed by atoms with Crippen LogP contribution in [0, 0.1) is 5.92 Å². The van der Waals surface area contributed by atoms with Crippen LogP contribution in [0.3, 0.4) is 0 Å². The molecule has 2 heterocycles. The summed E-state index contributed by atoms with van der Waals surface area (Å²) in [6.45, 7) is 7.26. The number of aromatic nitrogens is 2. The highest BCUT2D eigenvalue weighted by Crippen LogP contribution is 2.19. The Hall–Kier alpha value is -1.85. The minimum absolute atomic E-state index is 0.0246. The predicted octanol–water partition coefficient (Wildman–Crippen LogP) is 0.976. The first-order valence-electron chi connectivity index (χ1n) is 6.93. The second-order valence-electron chi connectivity index (χ2n) is 6.31. The third-order valence-corrected chi connectivity index (χ3v) is 3.70. The second-order valence-corrected chi connectivity index (χ2v) is 6.31. The average molecular weight is 278 g/mol. The average Bonchev–Trinajstić information content (AvgIpc) is 2.87. The Balaban J connectivity index is 2.02. The third-order valence-electron chi connectivity index (χ3n) is 3.70. The number of carbonyl (C=O) groups excluding carboxylic acids is 2. The molecular formula is C14H22N4O2. The van der Waals surface area contributed by atoms with Gasteiger partial charge >= 0.3 is 0 Å². The van der Waals surface area contributed by atoms with Crippen LogP contribution in [0.15, 0.2) is 12.4 Å². The molecule has 6 nitrogen and oxygen atoms in total. The van der Waals surface area contributed by atoms with Gasteiger partial charge < -0.3 is 10.6 Å². The van der Waals surface area contributed by atoms with Gasteiger partial charge in [-0.1, -0.05) is 0 Å². The maximum atomic E-state index is 12.4. The summed E-state index contributed by atoms with van der Waals surface area (Å²) in [5.74, 6) is -0.391. The van der Waals surface area contributed by atoms with Crippen molar-refractivity contribution in [3.8, 4) is 0 Å². The molecule has 0 atom stereocenters. The molecule has 0 radical (unpaired) electrons. The highest BCUT2D eigenvalue weighted by molar-refractivity contribution is 5.94. The lowest BCUT2D eigenvalue weighted by Crippen LogP contribution is -2.41. The number of carbonyl (C=O) groups is 2. The van der Waals surface area contributed by atoms with Crippen LogP contribution in [-0.4, -0.2) is 39.6 Å². The zero-order valence-corrected chi connectivity index (χ0v) is 12.3. The molecule has 2 N–H and O–H groups in total. The van der Waals surface area contributed by atoms with Crippen molar-refractivity contribution in [3.05, 3.63) is 18.0 Å². The first-order valence-corrected chi connectivity index (χ1v) is 6.93. The fourth-order valence-electron chi connectivity index (χ4n) is 2.35. The standard InChI is InChI=1S/C14H22N4O2/c1-14(2,3)18-9-11(8-16-18)13(20)17-6-4-10(5-7-17)12(15)19/h8-10H,4-7H2,1-3H3,(H2,15,19). The Kier molecular flexibility index (Phi) is 3.83. The van der Waals surface area contributed by atoms with Gasteiger partial charge in [-0.15, -0.1) is 0 Å². The van der Waals surface area contributed by atoms with E-state index in [9.17, 15) is 9.59 Å². The monoisotopic (exact) mass is 278 g/mol. The minimum atomic E-state index is -0.266. The van der Waals surface area contributed by atoms with Gasteiger partial charge in [0.15, 0.2) is 0 Å². The molecule has 2 rings (SSSR count). The number of likely N-dealkylation sites (tertiary alicyclic amines) is 1. The number of nitrogens with two attached hydrogens (primary N) is 1. The second kappa shape index (κ2) is 5.26. The minimum Gasteiger partial charge on any atom is -0.369 e. The Labute approximate surface area is 118 Å². The number of primary amides is 1. The Morgan fingerprint density at radius 2 is 1.90 bits per heavy atom. The van der Waals surface area contributed by atoms with Crippen molar-refractivity contribution in [1.82, 2.24) is 14.7 Å². The van der Waals surface area contributed by atoms with E-state index in [1.807, 2.05) is 20.8 Å². The topological polar surface area (TPSA) is 81.2 Å². The summed E-state index contributed by atoms with van der Waals surface area (Å²) in [6, 6.07) is 0. The third kappa shape index (κ3) is 3.00. The molecular weight excluding hydrogens is 256 g/mol. The molecule has 1 saturated heterocycles. The first-order chi connectivity index (χ1) is 9.29. The van der Waals surface area contributed by atoms with Crippen LogP contribution in [0.5, 0.6) is 0 Å². The zero-order chi connectivity index (χ0) is 14.9. The molecule has 110 valence electrons. The molecule has 0 spiro atoms. The van der Waals surface area contributed by atoms with E-state index in [2.05, 4.69) is 5.10 Å². The molecule has 1 aromatic heterocycles. The lowest BCUT2D eigenvalue weighted by Gasteiger charge is -2.30. The number of hydrogen-bond donors (Lipinski definition) is 1. The molecule has 1 aliphatic heterocycles. The first kappa shape index (κ1) is 14.6. The number of nitrogens with zero attached hydrogens (tertiary/aromatic N) is 3. The van der Waals surface area contributed by atoms with Gasteiger partial charge in [-0.25, -0.2) is 0 Å². The van der Waals surface area contributed by atoms with Crippen molar-refractivity contribution in [2.24, 2.45) is 11.7 Å². The molecule has 0 aromatic carbocycles. The molecule has 0 aliphatic carbocycles. The van der Waals surface area contributed by atoms with E-state index in [0.717, 1.165) is 0 Å². The van der Waals surface area contributed by atoms with E-state index >= 15 is 0 Å². The summed E-state index contributed by atoms with van der Waals surface area (Å²) < 4.78 is 1.79. The highest BCUT2D eigenvalue weighted by atomic mass is 16.2. The van der Waals surface area contributed by atoms with Crippen LogP contribution >= 0.6 is 0 Å². The predicted molar refractivity (Wildman–Crippen MR) is 75.0 cm³/mol. The van der Waals surface area contributed by atoms with E-state index in [1.54, 1.807) is 22.0 Å².